The molecule has 33 heavy (non-hydrogen) atoms. The molecule has 4 rings (SSSR count). The lowest BCUT2D eigenvalue weighted by atomic mass is 9.95. The molecule has 0 spiro atoms. The third kappa shape index (κ3) is 4.76. The predicted molar refractivity (Wildman–Crippen MR) is 132 cm³/mol. The summed E-state index contributed by atoms with van der Waals surface area (Å²) in [6.07, 6.45) is 0. The zero-order valence-corrected chi connectivity index (χ0v) is 19.7. The Bertz CT molecular complexity index is 1120. The Labute approximate surface area is 195 Å². The number of hydrogen-bond acceptors (Lipinski definition) is 5. The summed E-state index contributed by atoms with van der Waals surface area (Å²) in [6.45, 7) is 10.2. The minimum Gasteiger partial charge on any atom is -0.507 e. The van der Waals surface area contributed by atoms with Crippen molar-refractivity contribution >= 4 is 5.69 Å². The minimum absolute atomic E-state index is 0.0616. The average Bonchev–Trinajstić information content (AvgIpc) is 2.83. The predicted octanol–water partition coefficient (Wildman–Crippen LogP) is 4.19. The molecule has 1 aliphatic rings. The first kappa shape index (κ1) is 22.9. The van der Waals surface area contributed by atoms with Gasteiger partial charge in [0.2, 0.25) is 0 Å². The van der Waals surface area contributed by atoms with Crippen molar-refractivity contribution in [2.75, 3.05) is 37.7 Å². The molecule has 0 radical (unpaired) electrons. The summed E-state index contributed by atoms with van der Waals surface area (Å²) in [7, 11) is 0. The van der Waals surface area contributed by atoms with Crippen molar-refractivity contribution in [2.45, 2.75) is 33.4 Å². The van der Waals surface area contributed by atoms with Crippen molar-refractivity contribution in [3.05, 3.63) is 87.8 Å². The lowest BCUT2D eigenvalue weighted by molar-refractivity contribution is 0.207. The molecule has 0 saturated carbocycles. The Morgan fingerprint density at radius 1 is 0.970 bits per heavy atom. The number of ether oxygens (including phenoxy) is 1. The molecule has 1 aromatic heterocycles. The van der Waals surface area contributed by atoms with Crippen LogP contribution in [-0.4, -0.2) is 47.4 Å². The highest BCUT2D eigenvalue weighted by atomic mass is 16.5. The van der Waals surface area contributed by atoms with Crippen LogP contribution in [0.3, 0.4) is 0 Å². The number of aromatic nitrogens is 1. The van der Waals surface area contributed by atoms with Gasteiger partial charge >= 0.3 is 0 Å². The summed E-state index contributed by atoms with van der Waals surface area (Å²) in [5.74, 6) is 0.861. The number of aryl methyl sites for hydroxylation is 1. The third-order valence-corrected chi connectivity index (χ3v) is 6.42. The fraction of sp³-hybridized carbons (Fsp3) is 0.370. The fourth-order valence-electron chi connectivity index (χ4n) is 4.77. The zero-order valence-electron chi connectivity index (χ0n) is 19.7. The van der Waals surface area contributed by atoms with E-state index in [0.717, 1.165) is 43.2 Å². The van der Waals surface area contributed by atoms with Gasteiger partial charge in [0.05, 0.1) is 18.2 Å². The second kappa shape index (κ2) is 10.1. The van der Waals surface area contributed by atoms with Crippen molar-refractivity contribution < 1.29 is 9.84 Å². The number of piperazine rings is 1. The van der Waals surface area contributed by atoms with Gasteiger partial charge in [-0.2, -0.15) is 0 Å². The molecule has 2 aromatic carbocycles. The van der Waals surface area contributed by atoms with Crippen LogP contribution in [0.2, 0.25) is 0 Å². The van der Waals surface area contributed by atoms with E-state index in [1.165, 1.54) is 5.69 Å². The molecule has 1 aliphatic heterocycles. The maximum absolute atomic E-state index is 13.5. The van der Waals surface area contributed by atoms with E-state index in [-0.39, 0.29) is 17.4 Å². The first-order chi connectivity index (χ1) is 16.0. The van der Waals surface area contributed by atoms with Gasteiger partial charge in [0, 0.05) is 44.1 Å². The quantitative estimate of drug-likeness (QED) is 0.589. The van der Waals surface area contributed by atoms with E-state index < -0.39 is 0 Å². The number of aromatic hydroxyl groups is 1. The molecule has 2 heterocycles. The molecule has 1 N–H and O–H groups in total. The number of rotatable bonds is 7. The standard InChI is InChI=1S/C27H33N3O3/c1-4-30-20(3)19-24(31)25(27(30)32)26(21-11-13-23(14-12-21)33-5-2)29-17-15-28(16-18-29)22-9-7-6-8-10-22/h6-14,19,26,31H,4-5,15-18H2,1-3H3/t26-/m1/s1. The van der Waals surface area contributed by atoms with Crippen molar-refractivity contribution in [2.24, 2.45) is 0 Å². The lowest BCUT2D eigenvalue weighted by Crippen LogP contribution is -2.49. The van der Waals surface area contributed by atoms with E-state index in [2.05, 4.69) is 34.1 Å². The Morgan fingerprint density at radius 3 is 2.24 bits per heavy atom. The van der Waals surface area contributed by atoms with Gasteiger partial charge < -0.3 is 19.3 Å². The van der Waals surface area contributed by atoms with E-state index in [4.69, 9.17) is 4.74 Å². The second-order valence-electron chi connectivity index (χ2n) is 8.40. The Morgan fingerprint density at radius 2 is 1.64 bits per heavy atom. The highest BCUT2D eigenvalue weighted by molar-refractivity contribution is 5.47. The summed E-state index contributed by atoms with van der Waals surface area (Å²) in [5, 5.41) is 10.9. The van der Waals surface area contributed by atoms with Gasteiger partial charge in [-0.25, -0.2) is 0 Å². The maximum atomic E-state index is 13.5. The normalized spacial score (nSPS) is 15.4. The fourth-order valence-corrected chi connectivity index (χ4v) is 4.77. The summed E-state index contributed by atoms with van der Waals surface area (Å²) >= 11 is 0. The molecule has 0 bridgehead atoms. The summed E-state index contributed by atoms with van der Waals surface area (Å²) < 4.78 is 7.35. The van der Waals surface area contributed by atoms with E-state index in [0.29, 0.717) is 18.7 Å². The highest BCUT2D eigenvalue weighted by Crippen LogP contribution is 2.34. The molecule has 1 fully saturated rings. The van der Waals surface area contributed by atoms with Gasteiger partial charge in [-0.3, -0.25) is 9.69 Å². The molecule has 0 aliphatic carbocycles. The van der Waals surface area contributed by atoms with Crippen LogP contribution in [0.25, 0.3) is 0 Å². The number of nitrogens with zero attached hydrogens (tertiary/aromatic N) is 3. The molecular formula is C27H33N3O3. The van der Waals surface area contributed by atoms with Crippen molar-refractivity contribution in [3.8, 4) is 11.5 Å². The van der Waals surface area contributed by atoms with Crippen LogP contribution in [0.4, 0.5) is 5.69 Å². The van der Waals surface area contributed by atoms with Gasteiger partial charge in [-0.15, -0.1) is 0 Å². The number of pyridine rings is 1. The summed E-state index contributed by atoms with van der Waals surface area (Å²) in [6, 6.07) is 19.7. The second-order valence-corrected chi connectivity index (χ2v) is 8.40. The zero-order chi connectivity index (χ0) is 23.4. The maximum Gasteiger partial charge on any atom is 0.259 e. The first-order valence-electron chi connectivity index (χ1n) is 11.7. The van der Waals surface area contributed by atoms with Crippen LogP contribution in [-0.2, 0) is 6.54 Å². The Kier molecular flexibility index (Phi) is 7.04. The smallest absolute Gasteiger partial charge is 0.259 e. The van der Waals surface area contributed by atoms with Crippen LogP contribution in [0, 0.1) is 6.92 Å². The van der Waals surface area contributed by atoms with Gasteiger partial charge in [0.15, 0.2) is 0 Å². The molecule has 1 atom stereocenters. The average molecular weight is 448 g/mol. The first-order valence-corrected chi connectivity index (χ1v) is 11.7. The number of para-hydroxylation sites is 1. The van der Waals surface area contributed by atoms with E-state index in [1.807, 2.05) is 51.1 Å². The molecule has 174 valence electrons. The topological polar surface area (TPSA) is 57.9 Å². The summed E-state index contributed by atoms with van der Waals surface area (Å²) in [4.78, 5) is 18.2. The largest absolute Gasteiger partial charge is 0.507 e. The van der Waals surface area contributed by atoms with Crippen LogP contribution >= 0.6 is 0 Å². The molecular weight excluding hydrogens is 414 g/mol. The number of benzene rings is 2. The van der Waals surface area contributed by atoms with Crippen molar-refractivity contribution in [1.29, 1.82) is 0 Å². The SMILES string of the molecule is CCOc1ccc([C@H](c2c(O)cc(C)n(CC)c2=O)N2CCN(c3ccccc3)CC2)cc1. The molecule has 6 nitrogen and oxygen atoms in total. The monoisotopic (exact) mass is 447 g/mol. The highest BCUT2D eigenvalue weighted by Gasteiger charge is 2.31. The van der Waals surface area contributed by atoms with Crippen molar-refractivity contribution in [1.82, 2.24) is 9.47 Å². The van der Waals surface area contributed by atoms with Gasteiger partial charge in [0.25, 0.3) is 5.56 Å². The summed E-state index contributed by atoms with van der Waals surface area (Å²) in [5.41, 5.74) is 3.27. The molecule has 1 saturated heterocycles. The number of hydrogen-bond donors (Lipinski definition) is 1. The van der Waals surface area contributed by atoms with E-state index in [1.54, 1.807) is 10.6 Å². The minimum atomic E-state index is -0.329. The van der Waals surface area contributed by atoms with Crippen LogP contribution < -0.4 is 15.2 Å². The Balaban J connectivity index is 1.71. The van der Waals surface area contributed by atoms with Crippen LogP contribution in [0.1, 0.15) is 36.7 Å². The molecule has 0 amide bonds. The number of anilines is 1. The van der Waals surface area contributed by atoms with Gasteiger partial charge in [0.1, 0.15) is 11.5 Å². The van der Waals surface area contributed by atoms with Gasteiger partial charge in [-0.05, 0) is 56.7 Å². The van der Waals surface area contributed by atoms with Crippen molar-refractivity contribution in [3.63, 3.8) is 0 Å². The van der Waals surface area contributed by atoms with Crippen LogP contribution in [0.15, 0.2) is 65.5 Å². The van der Waals surface area contributed by atoms with Gasteiger partial charge in [-0.1, -0.05) is 30.3 Å². The van der Waals surface area contributed by atoms with E-state index in [9.17, 15) is 9.90 Å². The van der Waals surface area contributed by atoms with E-state index >= 15 is 0 Å². The molecule has 3 aromatic rings. The lowest BCUT2D eigenvalue weighted by Gasteiger charge is -2.40. The molecule has 6 heteroatoms. The third-order valence-electron chi connectivity index (χ3n) is 6.42. The Hall–Kier alpha value is -3.25. The molecule has 0 unspecified atom stereocenters. The van der Waals surface area contributed by atoms with Crippen LogP contribution in [0.5, 0.6) is 11.5 Å².